The fourth-order valence-corrected chi connectivity index (χ4v) is 4.43. The number of hydrogen-bond acceptors (Lipinski definition) is 0. The van der Waals surface area contributed by atoms with Crippen molar-refractivity contribution in [2.24, 2.45) is 0 Å². The van der Waals surface area contributed by atoms with E-state index in [9.17, 15) is 0 Å². The summed E-state index contributed by atoms with van der Waals surface area (Å²) >= 11 is 0. The van der Waals surface area contributed by atoms with Crippen LogP contribution in [0, 0.1) is 13.8 Å². The van der Waals surface area contributed by atoms with Gasteiger partial charge in [-0.25, -0.2) is 0 Å². The van der Waals surface area contributed by atoms with E-state index in [0.29, 0.717) is 0 Å². The molecule has 4 rings (SSSR count). The van der Waals surface area contributed by atoms with E-state index in [1.165, 1.54) is 44.5 Å². The zero-order valence-electron chi connectivity index (χ0n) is 20.2. The van der Waals surface area contributed by atoms with Crippen molar-refractivity contribution < 1.29 is 0 Å². The molecule has 0 saturated heterocycles. The Morgan fingerprint density at radius 1 is 0.344 bits per heavy atom. The Bertz CT molecular complexity index is 1070. The first-order valence-electron chi connectivity index (χ1n) is 11.5. The van der Waals surface area contributed by atoms with Crippen molar-refractivity contribution in [1.29, 1.82) is 0 Å². The minimum atomic E-state index is -0.0197. The predicted molar refractivity (Wildman–Crippen MR) is 138 cm³/mol. The summed E-state index contributed by atoms with van der Waals surface area (Å²) in [6.45, 7) is 13.5. The zero-order valence-corrected chi connectivity index (χ0v) is 20.2. The second-order valence-corrected chi connectivity index (χ2v) is 10.1. The van der Waals surface area contributed by atoms with Crippen molar-refractivity contribution >= 4 is 0 Å². The Balaban J connectivity index is 1.57. The van der Waals surface area contributed by atoms with Crippen LogP contribution in [0.4, 0.5) is 0 Å². The van der Waals surface area contributed by atoms with Gasteiger partial charge in [0, 0.05) is 10.8 Å². The van der Waals surface area contributed by atoms with Gasteiger partial charge in [-0.1, -0.05) is 136 Å². The average Bonchev–Trinajstić information content (AvgIpc) is 2.80. The summed E-state index contributed by atoms with van der Waals surface area (Å²) in [7, 11) is 0. The SMILES string of the molecule is Cc1ccc(C(C)(C)c2ccc(-c3ccc(C(C)(C)c4ccc(C)cc4)cc3)cc2)cc1. The molecule has 32 heavy (non-hydrogen) atoms. The van der Waals surface area contributed by atoms with Crippen molar-refractivity contribution in [2.75, 3.05) is 0 Å². The van der Waals surface area contributed by atoms with Crippen LogP contribution in [0.5, 0.6) is 0 Å². The molecule has 0 saturated carbocycles. The van der Waals surface area contributed by atoms with E-state index in [0.717, 1.165) is 0 Å². The smallest absolute Gasteiger partial charge is 0.0146 e. The van der Waals surface area contributed by atoms with Gasteiger partial charge in [-0.2, -0.15) is 0 Å². The third-order valence-electron chi connectivity index (χ3n) is 7.09. The first-order chi connectivity index (χ1) is 15.2. The number of benzene rings is 4. The van der Waals surface area contributed by atoms with Crippen molar-refractivity contribution in [2.45, 2.75) is 52.4 Å². The van der Waals surface area contributed by atoms with Gasteiger partial charge in [-0.3, -0.25) is 0 Å². The van der Waals surface area contributed by atoms with Gasteiger partial charge in [0.05, 0.1) is 0 Å². The van der Waals surface area contributed by atoms with Gasteiger partial charge in [-0.15, -0.1) is 0 Å². The normalized spacial score (nSPS) is 12.1. The van der Waals surface area contributed by atoms with Crippen LogP contribution in [-0.4, -0.2) is 0 Å². The molecular formula is C32H34. The average molecular weight is 419 g/mol. The molecule has 162 valence electrons. The highest BCUT2D eigenvalue weighted by molar-refractivity contribution is 5.65. The summed E-state index contributed by atoms with van der Waals surface area (Å²) in [6.07, 6.45) is 0. The quantitative estimate of drug-likeness (QED) is 0.304. The van der Waals surface area contributed by atoms with Crippen molar-refractivity contribution in [1.82, 2.24) is 0 Å². The molecule has 0 aliphatic heterocycles. The maximum atomic E-state index is 2.30. The molecule has 0 aromatic heterocycles. The Morgan fingerprint density at radius 2 is 0.562 bits per heavy atom. The molecule has 0 spiro atoms. The van der Waals surface area contributed by atoms with Gasteiger partial charge < -0.3 is 0 Å². The van der Waals surface area contributed by atoms with Crippen LogP contribution >= 0.6 is 0 Å². The zero-order chi connectivity index (χ0) is 22.9. The standard InChI is InChI=1S/C32H34/c1-23-7-15-27(16-8-23)31(3,4)29-19-11-25(12-20-29)26-13-21-30(22-14-26)32(5,6)28-17-9-24(2)10-18-28/h7-22H,1-6H3. The maximum absolute atomic E-state index is 2.30. The maximum Gasteiger partial charge on any atom is 0.0146 e. The molecule has 0 fully saturated rings. The Labute approximate surface area is 194 Å². The first kappa shape index (κ1) is 22.1. The van der Waals surface area contributed by atoms with Gasteiger partial charge in [-0.05, 0) is 47.2 Å². The van der Waals surface area contributed by atoms with Gasteiger partial charge in [0.1, 0.15) is 0 Å². The molecule has 0 unspecified atom stereocenters. The Hall–Kier alpha value is -3.12. The molecule has 0 heteroatoms. The molecule has 0 amide bonds. The first-order valence-corrected chi connectivity index (χ1v) is 11.5. The van der Waals surface area contributed by atoms with E-state index in [4.69, 9.17) is 0 Å². The summed E-state index contributed by atoms with van der Waals surface area (Å²) in [6, 6.07) is 35.9. The number of aryl methyl sites for hydroxylation is 2. The largest absolute Gasteiger partial charge is 0.0590 e. The molecule has 0 nitrogen and oxygen atoms in total. The van der Waals surface area contributed by atoms with Crippen molar-refractivity contribution in [3.8, 4) is 11.1 Å². The summed E-state index contributed by atoms with van der Waals surface area (Å²) in [5.74, 6) is 0. The third kappa shape index (κ3) is 4.28. The van der Waals surface area contributed by atoms with Gasteiger partial charge in [0.2, 0.25) is 0 Å². The predicted octanol–water partition coefficient (Wildman–Crippen LogP) is 8.62. The molecule has 0 N–H and O–H groups in total. The van der Waals surface area contributed by atoms with Gasteiger partial charge in [0.15, 0.2) is 0 Å². The van der Waals surface area contributed by atoms with Gasteiger partial charge in [0.25, 0.3) is 0 Å². The van der Waals surface area contributed by atoms with E-state index in [2.05, 4.69) is 139 Å². The fraction of sp³-hybridized carbons (Fsp3) is 0.250. The molecule has 0 aliphatic rings. The van der Waals surface area contributed by atoms with Crippen LogP contribution in [-0.2, 0) is 10.8 Å². The van der Waals surface area contributed by atoms with E-state index in [1.807, 2.05) is 0 Å². The van der Waals surface area contributed by atoms with Crippen molar-refractivity contribution in [3.63, 3.8) is 0 Å². The molecule has 0 bridgehead atoms. The molecule has 0 heterocycles. The summed E-state index contributed by atoms with van der Waals surface area (Å²) < 4.78 is 0. The van der Waals surface area contributed by atoms with Crippen LogP contribution < -0.4 is 0 Å². The summed E-state index contributed by atoms with van der Waals surface area (Å²) in [5, 5.41) is 0. The topological polar surface area (TPSA) is 0 Å². The molecule has 0 radical (unpaired) electrons. The second kappa shape index (κ2) is 8.43. The van der Waals surface area contributed by atoms with Crippen LogP contribution in [0.3, 0.4) is 0 Å². The number of rotatable bonds is 5. The van der Waals surface area contributed by atoms with Gasteiger partial charge >= 0.3 is 0 Å². The Kier molecular flexibility index (Phi) is 5.82. The van der Waals surface area contributed by atoms with Crippen LogP contribution in [0.25, 0.3) is 11.1 Å². The third-order valence-corrected chi connectivity index (χ3v) is 7.09. The molecule has 4 aromatic carbocycles. The van der Waals surface area contributed by atoms with E-state index < -0.39 is 0 Å². The lowest BCUT2D eigenvalue weighted by Crippen LogP contribution is -2.19. The van der Waals surface area contributed by atoms with E-state index >= 15 is 0 Å². The number of hydrogen-bond donors (Lipinski definition) is 0. The van der Waals surface area contributed by atoms with Crippen LogP contribution in [0.2, 0.25) is 0 Å². The van der Waals surface area contributed by atoms with E-state index in [1.54, 1.807) is 0 Å². The lowest BCUT2D eigenvalue weighted by molar-refractivity contribution is 0.640. The van der Waals surface area contributed by atoms with E-state index in [-0.39, 0.29) is 10.8 Å². The molecule has 0 aliphatic carbocycles. The lowest BCUT2D eigenvalue weighted by atomic mass is 9.77. The highest BCUT2D eigenvalue weighted by Gasteiger charge is 2.24. The minimum absolute atomic E-state index is 0.0197. The summed E-state index contributed by atoms with van der Waals surface area (Å²) in [4.78, 5) is 0. The lowest BCUT2D eigenvalue weighted by Gasteiger charge is -2.27. The van der Waals surface area contributed by atoms with Crippen LogP contribution in [0.15, 0.2) is 97.1 Å². The molecule has 4 aromatic rings. The second-order valence-electron chi connectivity index (χ2n) is 10.1. The fourth-order valence-electron chi connectivity index (χ4n) is 4.43. The summed E-state index contributed by atoms with van der Waals surface area (Å²) in [5.41, 5.74) is 10.4. The highest BCUT2D eigenvalue weighted by Crippen LogP contribution is 2.35. The molecule has 0 atom stereocenters. The monoisotopic (exact) mass is 418 g/mol. The molecular weight excluding hydrogens is 384 g/mol. The van der Waals surface area contributed by atoms with Crippen LogP contribution in [0.1, 0.15) is 61.1 Å². The highest BCUT2D eigenvalue weighted by atomic mass is 14.3. The minimum Gasteiger partial charge on any atom is -0.0590 e. The Morgan fingerprint density at radius 3 is 0.812 bits per heavy atom. The van der Waals surface area contributed by atoms with Crippen molar-refractivity contribution in [3.05, 3.63) is 130 Å².